The molecule has 6 nitrogen and oxygen atoms in total. The molecule has 134 valence electrons. The molecule has 2 atom stereocenters. The highest BCUT2D eigenvalue weighted by atomic mass is 32.2. The number of nitrogens with zero attached hydrogens (tertiary/aromatic N) is 3. The van der Waals surface area contributed by atoms with Gasteiger partial charge in [-0.05, 0) is 36.4 Å². The van der Waals surface area contributed by atoms with Crippen LogP contribution < -0.4 is 4.48 Å². The first kappa shape index (κ1) is 17.1. The Kier molecular flexibility index (Phi) is 3.65. The molecule has 2 aliphatic heterocycles. The Morgan fingerprint density at radius 2 is 2.15 bits per heavy atom. The lowest BCUT2D eigenvalue weighted by Crippen LogP contribution is -2.66. The Morgan fingerprint density at radius 1 is 1.38 bits per heavy atom. The average Bonchev–Trinajstić information content (AvgIpc) is 3.09. The molecule has 1 aliphatic carbocycles. The monoisotopic (exact) mass is 370 g/mol. The van der Waals surface area contributed by atoms with E-state index in [1.807, 2.05) is 30.6 Å². The number of ether oxygens (including phenoxy) is 1. The lowest BCUT2D eigenvalue weighted by molar-refractivity contribution is -0.109. The first-order valence-electron chi connectivity index (χ1n) is 8.39. The van der Waals surface area contributed by atoms with E-state index in [9.17, 15) is 9.59 Å². The van der Waals surface area contributed by atoms with Crippen molar-refractivity contribution in [3.05, 3.63) is 47.8 Å². The van der Waals surface area contributed by atoms with Crippen molar-refractivity contribution in [3.8, 4) is 0 Å². The predicted octanol–water partition coefficient (Wildman–Crippen LogP) is 4.01. The minimum Gasteiger partial charge on any atom is -0.423 e. The third-order valence-corrected chi connectivity index (χ3v) is 6.13. The van der Waals surface area contributed by atoms with Gasteiger partial charge in [-0.25, -0.2) is 4.57 Å². The summed E-state index contributed by atoms with van der Waals surface area (Å²) in [6.45, 7) is 5.48. The number of carbonyl (C=O) groups excluding carboxylic acids is 2. The summed E-state index contributed by atoms with van der Waals surface area (Å²) in [5.74, 6) is 0.566. The van der Waals surface area contributed by atoms with Crippen LogP contribution in [-0.4, -0.2) is 33.4 Å². The summed E-state index contributed by atoms with van der Waals surface area (Å²) in [7, 11) is 1.40. The van der Waals surface area contributed by atoms with Crippen molar-refractivity contribution in [2.75, 3.05) is 7.11 Å². The zero-order valence-electron chi connectivity index (χ0n) is 15.1. The van der Waals surface area contributed by atoms with Crippen LogP contribution >= 0.6 is 11.8 Å². The summed E-state index contributed by atoms with van der Waals surface area (Å²) in [5.41, 5.74) is 2.21. The van der Waals surface area contributed by atoms with Crippen LogP contribution in [0.15, 0.2) is 52.9 Å². The number of quaternary nitrogens is 1. The number of carbonyl (C=O) groups is 2. The molecule has 0 bridgehead atoms. The highest BCUT2D eigenvalue weighted by Gasteiger charge is 2.70. The fourth-order valence-corrected chi connectivity index (χ4v) is 5.15. The maximum atomic E-state index is 13.2. The van der Waals surface area contributed by atoms with Crippen LogP contribution in [-0.2, 0) is 9.53 Å². The predicted molar refractivity (Wildman–Crippen MR) is 101 cm³/mol. The summed E-state index contributed by atoms with van der Waals surface area (Å²) in [6.07, 6.45) is 12.1. The number of thioether (sulfide) groups is 1. The van der Waals surface area contributed by atoms with Crippen LogP contribution in [0.5, 0.6) is 0 Å². The molecule has 3 heterocycles. The maximum absolute atomic E-state index is 13.2. The molecule has 0 radical (unpaired) electrons. The normalized spacial score (nSPS) is 28.4. The standard InChI is InChI=1S/C19H20N3O3S/c1-12-7-5-9-19-10-6-8-13(2)22(19,18(24)25-4)17-20-11-15(26-14(3)23)21(17)16(12)19/h5-8,10-11H,9H2,1-4H3/q+1. The van der Waals surface area contributed by atoms with Gasteiger partial charge in [-0.3, -0.25) is 4.79 Å². The van der Waals surface area contributed by atoms with Gasteiger partial charge in [0.05, 0.1) is 19.0 Å². The second-order valence-corrected chi connectivity index (χ2v) is 7.89. The number of hydrogen-bond acceptors (Lipinski definition) is 5. The molecule has 0 fully saturated rings. The van der Waals surface area contributed by atoms with E-state index in [0.717, 1.165) is 28.7 Å². The average molecular weight is 370 g/mol. The first-order chi connectivity index (χ1) is 12.4. The van der Waals surface area contributed by atoms with E-state index in [0.29, 0.717) is 17.4 Å². The number of methoxy groups -OCH3 is 1. The van der Waals surface area contributed by atoms with Gasteiger partial charge in [-0.1, -0.05) is 18.2 Å². The zero-order valence-corrected chi connectivity index (χ0v) is 16.0. The molecular weight excluding hydrogens is 350 g/mol. The Hall–Kier alpha value is -2.38. The van der Waals surface area contributed by atoms with Gasteiger partial charge in [0, 0.05) is 20.3 Å². The number of rotatable bonds is 1. The van der Waals surface area contributed by atoms with Gasteiger partial charge in [-0.2, -0.15) is 9.78 Å². The third kappa shape index (κ3) is 1.79. The SMILES string of the molecule is COC(=O)[N+]12C(C)=CC=CC13CC=CC(C)=C3n1c(SC(C)=O)cnc12. The van der Waals surface area contributed by atoms with Crippen molar-refractivity contribution in [2.45, 2.75) is 37.8 Å². The summed E-state index contributed by atoms with van der Waals surface area (Å²) >= 11 is 1.13. The van der Waals surface area contributed by atoms with Gasteiger partial charge >= 0.3 is 12.0 Å². The summed E-state index contributed by atoms with van der Waals surface area (Å²) < 4.78 is 7.11. The number of amides is 1. The quantitative estimate of drug-likeness (QED) is 0.552. The van der Waals surface area contributed by atoms with Gasteiger partial charge in [0.15, 0.2) is 10.7 Å². The van der Waals surface area contributed by atoms with Crippen LogP contribution in [0.2, 0.25) is 0 Å². The van der Waals surface area contributed by atoms with Crippen LogP contribution in [0.1, 0.15) is 27.2 Å². The molecule has 3 aliphatic rings. The largest absolute Gasteiger partial charge is 0.529 e. The number of fused-ring (bicyclic) bond motifs is 3. The van der Waals surface area contributed by atoms with Gasteiger partial charge in [-0.15, -0.1) is 4.48 Å². The molecule has 1 aromatic rings. The second kappa shape index (κ2) is 5.56. The number of imidazole rings is 1. The van der Waals surface area contributed by atoms with Crippen molar-refractivity contribution in [1.29, 1.82) is 0 Å². The summed E-state index contributed by atoms with van der Waals surface area (Å²) in [6, 6.07) is 0. The molecule has 7 heteroatoms. The van der Waals surface area contributed by atoms with Crippen LogP contribution in [0.25, 0.3) is 5.70 Å². The van der Waals surface area contributed by atoms with E-state index >= 15 is 0 Å². The fourth-order valence-electron chi connectivity index (χ4n) is 4.48. The van der Waals surface area contributed by atoms with Crippen molar-refractivity contribution in [2.24, 2.45) is 0 Å². The van der Waals surface area contributed by atoms with E-state index in [1.54, 1.807) is 6.20 Å². The minimum absolute atomic E-state index is 0.0244. The molecule has 0 N–H and O–H groups in total. The molecule has 0 saturated heterocycles. The van der Waals surface area contributed by atoms with E-state index < -0.39 is 5.54 Å². The highest BCUT2D eigenvalue weighted by molar-refractivity contribution is 8.13. The van der Waals surface area contributed by atoms with Crippen LogP contribution in [0, 0.1) is 0 Å². The van der Waals surface area contributed by atoms with E-state index in [-0.39, 0.29) is 15.7 Å². The molecule has 1 amide bonds. The molecule has 4 rings (SSSR count). The van der Waals surface area contributed by atoms with Crippen molar-refractivity contribution >= 4 is 34.6 Å². The Balaban J connectivity index is 2.14. The molecule has 1 spiro atoms. The number of allylic oxidation sites excluding steroid dienone is 5. The van der Waals surface area contributed by atoms with Gasteiger partial charge in [0.1, 0.15) is 10.7 Å². The first-order valence-corrected chi connectivity index (χ1v) is 9.21. The summed E-state index contributed by atoms with van der Waals surface area (Å²) in [4.78, 5) is 29.6. The van der Waals surface area contributed by atoms with Crippen molar-refractivity contribution in [1.82, 2.24) is 14.0 Å². The van der Waals surface area contributed by atoms with Gasteiger partial charge in [0.2, 0.25) is 0 Å². The highest BCUT2D eigenvalue weighted by Crippen LogP contribution is 2.58. The molecule has 1 aromatic heterocycles. The molecule has 2 unspecified atom stereocenters. The lowest BCUT2D eigenvalue weighted by Gasteiger charge is -2.43. The van der Waals surface area contributed by atoms with E-state index in [4.69, 9.17) is 4.74 Å². The molecule has 26 heavy (non-hydrogen) atoms. The van der Waals surface area contributed by atoms with Crippen molar-refractivity contribution < 1.29 is 14.3 Å². The van der Waals surface area contributed by atoms with E-state index in [1.165, 1.54) is 14.0 Å². The van der Waals surface area contributed by atoms with Gasteiger partial charge in [0.25, 0.3) is 0 Å². The van der Waals surface area contributed by atoms with Crippen molar-refractivity contribution in [3.63, 3.8) is 0 Å². The second-order valence-electron chi connectivity index (χ2n) is 6.70. The van der Waals surface area contributed by atoms with E-state index in [2.05, 4.69) is 23.2 Å². The Labute approximate surface area is 156 Å². The molecule has 0 saturated carbocycles. The van der Waals surface area contributed by atoms with Crippen LogP contribution in [0.4, 0.5) is 10.7 Å². The molecular formula is C19H20N3O3S+. The smallest absolute Gasteiger partial charge is 0.423 e. The summed E-state index contributed by atoms with van der Waals surface area (Å²) in [5, 5.41) is 0.692. The third-order valence-electron chi connectivity index (χ3n) is 5.35. The topological polar surface area (TPSA) is 61.2 Å². The zero-order chi connectivity index (χ0) is 18.7. The van der Waals surface area contributed by atoms with Crippen LogP contribution in [0.3, 0.4) is 0 Å². The maximum Gasteiger partial charge on any atom is 0.529 e. The number of hydrogen-bond donors (Lipinski definition) is 0. The minimum atomic E-state index is -0.652. The Bertz CT molecular complexity index is 969. The number of aromatic nitrogens is 2. The molecule has 0 aromatic carbocycles. The Morgan fingerprint density at radius 3 is 2.85 bits per heavy atom. The van der Waals surface area contributed by atoms with Gasteiger partial charge < -0.3 is 4.74 Å². The lowest BCUT2D eigenvalue weighted by atomic mass is 9.80. The fraction of sp³-hybridized carbons (Fsp3) is 0.316.